The van der Waals surface area contributed by atoms with Crippen LogP contribution in [0.4, 0.5) is 0 Å². The number of nitrogens with two attached hydrogens (primary N) is 1. The molecule has 0 saturated heterocycles. The number of halogens is 2. The number of carboxylic acid groups (broad SMARTS) is 1. The third kappa shape index (κ3) is 3.36. The van der Waals surface area contributed by atoms with E-state index in [1.54, 1.807) is 0 Å². The summed E-state index contributed by atoms with van der Waals surface area (Å²) in [5, 5.41) is 9.38. The molecule has 0 spiro atoms. The molecule has 0 amide bonds. The normalized spacial score (nSPS) is 30.6. The number of hydrogen-bond acceptors (Lipinski definition) is 3. The van der Waals surface area contributed by atoms with Gasteiger partial charge in [0.1, 0.15) is 0 Å². The van der Waals surface area contributed by atoms with Gasteiger partial charge in [-0.1, -0.05) is 28.1 Å². The summed E-state index contributed by atoms with van der Waals surface area (Å²) in [6, 6.07) is 6.57. The molecule has 0 radical (unpaired) electrons. The molecule has 22 heavy (non-hydrogen) atoms. The van der Waals surface area contributed by atoms with Gasteiger partial charge in [-0.2, -0.15) is 0 Å². The first kappa shape index (κ1) is 17.4. The Hall–Kier alpha value is -0.910. The summed E-state index contributed by atoms with van der Waals surface area (Å²) in [5.74, 6) is -0.949. The summed E-state index contributed by atoms with van der Waals surface area (Å²) in [4.78, 5) is 24.1. The Morgan fingerprint density at radius 3 is 2.18 bits per heavy atom. The lowest BCUT2D eigenvalue weighted by Gasteiger charge is -2.29. The second kappa shape index (κ2) is 6.69. The molecule has 0 bridgehead atoms. The zero-order valence-electron chi connectivity index (χ0n) is 11.9. The van der Waals surface area contributed by atoms with E-state index in [4.69, 9.17) is 5.73 Å². The summed E-state index contributed by atoms with van der Waals surface area (Å²) in [6.07, 6.45) is 2.38. The molecule has 0 aromatic heterocycles. The number of ketones is 1. The zero-order valence-corrected chi connectivity index (χ0v) is 14.3. The molecule has 5 atom stereocenters. The number of carboxylic acids is 1. The first-order valence-corrected chi connectivity index (χ1v) is 8.04. The standard InChI is InChI=1S/C16H18BrNO3.ClH/c17-11-3-1-8(2-4-11)14(18)15(19)12-6-9-5-10(9)7-13(12)16(20)21;/h1-4,9-10,12-14H,5-7,18H2,(H,20,21);1H. The topological polar surface area (TPSA) is 80.4 Å². The number of carbonyl (C=O) groups excluding carboxylic acids is 1. The summed E-state index contributed by atoms with van der Waals surface area (Å²) in [5.41, 5.74) is 6.82. The van der Waals surface area contributed by atoms with Gasteiger partial charge in [-0.25, -0.2) is 0 Å². The van der Waals surface area contributed by atoms with Crippen molar-refractivity contribution in [1.82, 2.24) is 0 Å². The maximum absolute atomic E-state index is 12.7. The maximum atomic E-state index is 12.7. The molecule has 2 fully saturated rings. The molecular weight excluding hydrogens is 370 g/mol. The van der Waals surface area contributed by atoms with Crippen LogP contribution in [0.2, 0.25) is 0 Å². The Labute approximate surface area is 144 Å². The van der Waals surface area contributed by atoms with E-state index in [9.17, 15) is 14.7 Å². The zero-order chi connectivity index (χ0) is 15.1. The Bertz CT molecular complexity index is 577. The van der Waals surface area contributed by atoms with Crippen LogP contribution in [0.1, 0.15) is 30.9 Å². The molecule has 2 aliphatic rings. The highest BCUT2D eigenvalue weighted by molar-refractivity contribution is 9.10. The quantitative estimate of drug-likeness (QED) is 0.830. The Morgan fingerprint density at radius 2 is 1.64 bits per heavy atom. The van der Waals surface area contributed by atoms with Crippen LogP contribution in [-0.4, -0.2) is 16.9 Å². The number of aliphatic carboxylic acids is 1. The minimum atomic E-state index is -0.860. The van der Waals surface area contributed by atoms with Gasteiger partial charge in [0.05, 0.1) is 12.0 Å². The van der Waals surface area contributed by atoms with E-state index < -0.39 is 23.8 Å². The van der Waals surface area contributed by atoms with E-state index >= 15 is 0 Å². The van der Waals surface area contributed by atoms with Gasteiger partial charge in [0.2, 0.25) is 0 Å². The molecule has 1 aromatic rings. The minimum absolute atomic E-state index is 0. The van der Waals surface area contributed by atoms with Gasteiger partial charge in [0.15, 0.2) is 5.78 Å². The smallest absolute Gasteiger partial charge is 0.307 e. The number of Topliss-reactive ketones (excluding diaryl/α,β-unsaturated/α-hetero) is 1. The Kier molecular flexibility index (Phi) is 5.30. The highest BCUT2D eigenvalue weighted by Crippen LogP contribution is 2.54. The third-order valence-corrected chi connectivity index (χ3v) is 5.42. The van der Waals surface area contributed by atoms with Crippen molar-refractivity contribution in [3.05, 3.63) is 34.3 Å². The largest absolute Gasteiger partial charge is 0.481 e. The summed E-state index contributed by atoms with van der Waals surface area (Å²) < 4.78 is 0.924. The molecule has 1 aromatic carbocycles. The highest BCUT2D eigenvalue weighted by atomic mass is 79.9. The van der Waals surface area contributed by atoms with Crippen LogP contribution in [0, 0.1) is 23.7 Å². The minimum Gasteiger partial charge on any atom is -0.481 e. The van der Waals surface area contributed by atoms with Crippen molar-refractivity contribution < 1.29 is 14.7 Å². The fourth-order valence-electron chi connectivity index (χ4n) is 3.52. The van der Waals surface area contributed by atoms with Gasteiger partial charge >= 0.3 is 5.97 Å². The predicted molar refractivity (Wildman–Crippen MR) is 88.8 cm³/mol. The van der Waals surface area contributed by atoms with Crippen molar-refractivity contribution in [2.45, 2.75) is 25.3 Å². The molecule has 0 aliphatic heterocycles. The van der Waals surface area contributed by atoms with E-state index in [1.165, 1.54) is 0 Å². The fourth-order valence-corrected chi connectivity index (χ4v) is 3.79. The van der Waals surface area contributed by atoms with Crippen LogP contribution < -0.4 is 5.73 Å². The molecule has 5 unspecified atom stereocenters. The van der Waals surface area contributed by atoms with Crippen molar-refractivity contribution in [2.24, 2.45) is 29.4 Å². The predicted octanol–water partition coefficient (Wildman–Crippen LogP) is 3.19. The number of hydrogen-bond donors (Lipinski definition) is 2. The van der Waals surface area contributed by atoms with Crippen molar-refractivity contribution in [3.8, 4) is 0 Å². The lowest BCUT2D eigenvalue weighted by atomic mass is 9.74. The SMILES string of the molecule is Cl.NC(C(=O)C1CC2CC2CC1C(=O)O)c1ccc(Br)cc1. The lowest BCUT2D eigenvalue weighted by molar-refractivity contribution is -0.148. The molecular formula is C16H19BrClNO3. The average molecular weight is 389 g/mol. The van der Waals surface area contributed by atoms with Crippen molar-refractivity contribution in [3.63, 3.8) is 0 Å². The number of rotatable bonds is 4. The molecule has 120 valence electrons. The Morgan fingerprint density at radius 1 is 1.09 bits per heavy atom. The molecule has 0 heterocycles. The van der Waals surface area contributed by atoms with E-state index in [2.05, 4.69) is 15.9 Å². The van der Waals surface area contributed by atoms with Gasteiger partial charge in [-0.3, -0.25) is 9.59 Å². The monoisotopic (exact) mass is 387 g/mol. The number of benzene rings is 1. The lowest BCUT2D eigenvalue weighted by Crippen LogP contribution is -2.38. The average Bonchev–Trinajstić information content (AvgIpc) is 3.23. The second-order valence-corrected chi connectivity index (χ2v) is 7.13. The maximum Gasteiger partial charge on any atom is 0.307 e. The van der Waals surface area contributed by atoms with E-state index in [1.807, 2.05) is 24.3 Å². The van der Waals surface area contributed by atoms with Crippen LogP contribution >= 0.6 is 28.3 Å². The van der Waals surface area contributed by atoms with Gasteiger partial charge in [0, 0.05) is 10.4 Å². The van der Waals surface area contributed by atoms with E-state index in [0.717, 1.165) is 16.5 Å². The van der Waals surface area contributed by atoms with Crippen molar-refractivity contribution in [2.75, 3.05) is 0 Å². The fraction of sp³-hybridized carbons (Fsp3) is 0.500. The van der Waals surface area contributed by atoms with Gasteiger partial charge in [0.25, 0.3) is 0 Å². The van der Waals surface area contributed by atoms with Crippen LogP contribution in [0.5, 0.6) is 0 Å². The molecule has 3 rings (SSSR count). The van der Waals surface area contributed by atoms with Gasteiger partial charge in [-0.15, -0.1) is 12.4 Å². The summed E-state index contributed by atoms with van der Waals surface area (Å²) >= 11 is 3.35. The number of fused-ring (bicyclic) bond motifs is 1. The van der Waals surface area contributed by atoms with Crippen LogP contribution in [0.25, 0.3) is 0 Å². The second-order valence-electron chi connectivity index (χ2n) is 6.21. The van der Waals surface area contributed by atoms with Crippen molar-refractivity contribution >= 4 is 40.1 Å². The summed E-state index contributed by atoms with van der Waals surface area (Å²) in [7, 11) is 0. The van der Waals surface area contributed by atoms with Gasteiger partial charge in [-0.05, 0) is 48.8 Å². The first-order valence-electron chi connectivity index (χ1n) is 7.25. The van der Waals surface area contributed by atoms with Crippen molar-refractivity contribution in [1.29, 1.82) is 0 Å². The molecule has 4 nitrogen and oxygen atoms in total. The first-order chi connectivity index (χ1) is 9.97. The van der Waals surface area contributed by atoms with E-state index in [0.29, 0.717) is 24.7 Å². The van der Waals surface area contributed by atoms with Crippen LogP contribution in [0.3, 0.4) is 0 Å². The molecule has 2 saturated carbocycles. The number of carbonyl (C=O) groups is 2. The van der Waals surface area contributed by atoms with E-state index in [-0.39, 0.29) is 18.2 Å². The molecule has 2 aliphatic carbocycles. The van der Waals surface area contributed by atoms with Gasteiger partial charge < -0.3 is 10.8 Å². The van der Waals surface area contributed by atoms with Crippen LogP contribution in [0.15, 0.2) is 28.7 Å². The molecule has 3 N–H and O–H groups in total. The summed E-state index contributed by atoms with van der Waals surface area (Å²) in [6.45, 7) is 0. The third-order valence-electron chi connectivity index (χ3n) is 4.89. The Balaban J connectivity index is 0.00000176. The molecule has 6 heteroatoms. The van der Waals surface area contributed by atoms with Crippen LogP contribution in [-0.2, 0) is 9.59 Å². The highest BCUT2D eigenvalue weighted by Gasteiger charge is 2.51.